The van der Waals surface area contributed by atoms with E-state index in [0.29, 0.717) is 57.9 Å². The van der Waals surface area contributed by atoms with E-state index in [9.17, 15) is 27.6 Å². The van der Waals surface area contributed by atoms with E-state index < -0.39 is 52.2 Å². The van der Waals surface area contributed by atoms with Crippen LogP contribution < -0.4 is 20.8 Å². The third-order valence-electron chi connectivity index (χ3n) is 9.80. The second-order valence-corrected chi connectivity index (χ2v) is 15.0. The van der Waals surface area contributed by atoms with Gasteiger partial charge in [-0.05, 0) is 56.1 Å². The molecule has 14 heteroatoms. The third kappa shape index (κ3) is 9.96. The SMILES string of the molecule is CCC(CCCCC[C@@H]1NC(=O)[C@H]2CCCCN2C(=O)[C@H](C(C)CC)NC(=O)[C@H](Cc2cn(OC)c3ccccc23)NC1=O)OS(C)(=O)=O. The predicted octanol–water partition coefficient (Wildman–Crippen LogP) is 2.84. The number of benzene rings is 1. The van der Waals surface area contributed by atoms with Crippen molar-refractivity contribution in [2.45, 2.75) is 122 Å². The summed E-state index contributed by atoms with van der Waals surface area (Å²) in [4.78, 5) is 63.1. The quantitative estimate of drug-likeness (QED) is 0.200. The van der Waals surface area contributed by atoms with E-state index >= 15 is 0 Å². The summed E-state index contributed by atoms with van der Waals surface area (Å²) in [6.45, 7) is 6.11. The lowest BCUT2D eigenvalue weighted by molar-refractivity contribution is -0.147. The molecule has 0 radical (unpaired) electrons. The first kappa shape index (κ1) is 38.2. The molecule has 2 aliphatic heterocycles. The van der Waals surface area contributed by atoms with Crippen LogP contribution in [0.5, 0.6) is 0 Å². The van der Waals surface area contributed by atoms with Crippen molar-refractivity contribution < 1.29 is 36.6 Å². The summed E-state index contributed by atoms with van der Waals surface area (Å²) >= 11 is 0. The first-order valence-corrected chi connectivity index (χ1v) is 19.4. The Morgan fingerprint density at radius 2 is 1.63 bits per heavy atom. The number of unbranched alkanes of at least 4 members (excludes halogenated alkanes) is 2. The topological polar surface area (TPSA) is 165 Å². The van der Waals surface area contributed by atoms with Gasteiger partial charge in [0, 0.05) is 24.5 Å². The standard InChI is InChI=1S/C35H53N5O8S/c1-6-23(3)31-35(44)39-20-14-13-19-30(39)34(43)36-27(17-10-8-9-15-25(7-2)48-49(5,45)46)32(41)37-28(33(42)38-31)21-24-22-40(47-4)29-18-12-11-16-26(24)29/h11-12,16,18,22-23,25,27-28,30-31H,6-10,13-15,17,19-21H2,1-5H3,(H,36,43)(H,37,41)(H,38,42)/t23?,25?,27-,28-,30+,31-/m0/s1. The van der Waals surface area contributed by atoms with Crippen LogP contribution in [0, 0.1) is 5.92 Å². The Morgan fingerprint density at radius 3 is 2.33 bits per heavy atom. The molecule has 0 spiro atoms. The molecule has 1 aromatic heterocycles. The van der Waals surface area contributed by atoms with E-state index in [0.717, 1.165) is 35.6 Å². The zero-order valence-corrected chi connectivity index (χ0v) is 30.2. The molecule has 272 valence electrons. The maximum Gasteiger partial charge on any atom is 0.264 e. The number of hydrogen-bond donors (Lipinski definition) is 3. The highest BCUT2D eigenvalue weighted by atomic mass is 32.2. The van der Waals surface area contributed by atoms with Crippen molar-refractivity contribution in [3.05, 3.63) is 36.0 Å². The average molecular weight is 704 g/mol. The van der Waals surface area contributed by atoms with Crippen molar-refractivity contribution in [2.75, 3.05) is 19.9 Å². The Morgan fingerprint density at radius 1 is 0.918 bits per heavy atom. The predicted molar refractivity (Wildman–Crippen MR) is 186 cm³/mol. The first-order chi connectivity index (χ1) is 23.4. The molecular weight excluding hydrogens is 650 g/mol. The number of carbonyl (C=O) groups excluding carboxylic acids is 4. The monoisotopic (exact) mass is 703 g/mol. The Kier molecular flexibility index (Phi) is 13.5. The summed E-state index contributed by atoms with van der Waals surface area (Å²) in [6, 6.07) is 4.00. The van der Waals surface area contributed by atoms with Crippen LogP contribution in [0.25, 0.3) is 10.9 Å². The Balaban J connectivity index is 1.61. The zero-order chi connectivity index (χ0) is 35.7. The third-order valence-corrected chi connectivity index (χ3v) is 10.4. The van der Waals surface area contributed by atoms with Gasteiger partial charge in [0.1, 0.15) is 31.3 Å². The molecule has 1 aromatic carbocycles. The van der Waals surface area contributed by atoms with E-state index in [1.165, 1.54) is 0 Å². The van der Waals surface area contributed by atoms with E-state index in [4.69, 9.17) is 9.02 Å². The molecule has 49 heavy (non-hydrogen) atoms. The maximum absolute atomic E-state index is 14.1. The molecule has 0 aliphatic carbocycles. The number of piperidine rings is 1. The lowest BCUT2D eigenvalue weighted by Gasteiger charge is -2.39. The van der Waals surface area contributed by atoms with Crippen LogP contribution in [0.4, 0.5) is 0 Å². The van der Waals surface area contributed by atoms with Crippen molar-refractivity contribution in [3.8, 4) is 0 Å². The molecule has 2 unspecified atom stereocenters. The Hall–Kier alpha value is -3.65. The molecule has 4 rings (SSSR count). The smallest absolute Gasteiger partial charge is 0.264 e. The molecular formula is C35H53N5O8S. The lowest BCUT2D eigenvalue weighted by Crippen LogP contribution is -2.64. The van der Waals surface area contributed by atoms with Crippen LogP contribution in [-0.2, 0) is 39.9 Å². The fraction of sp³-hybridized carbons (Fsp3) is 0.657. The minimum absolute atomic E-state index is 0.127. The summed E-state index contributed by atoms with van der Waals surface area (Å²) in [5.41, 5.74) is 1.58. The highest BCUT2D eigenvalue weighted by Gasteiger charge is 2.41. The van der Waals surface area contributed by atoms with Gasteiger partial charge in [-0.25, -0.2) is 0 Å². The molecule has 2 aliphatic rings. The van der Waals surface area contributed by atoms with Crippen LogP contribution in [0.1, 0.15) is 90.5 Å². The molecule has 3 N–H and O–H groups in total. The van der Waals surface area contributed by atoms with Gasteiger partial charge < -0.3 is 25.7 Å². The highest BCUT2D eigenvalue weighted by molar-refractivity contribution is 7.86. The van der Waals surface area contributed by atoms with Crippen molar-refractivity contribution in [1.82, 2.24) is 25.6 Å². The molecule has 2 saturated heterocycles. The van der Waals surface area contributed by atoms with Gasteiger partial charge in [0.05, 0.1) is 17.9 Å². The van der Waals surface area contributed by atoms with Crippen molar-refractivity contribution >= 4 is 44.6 Å². The van der Waals surface area contributed by atoms with E-state index in [-0.39, 0.29) is 24.2 Å². The number of aromatic nitrogens is 1. The highest BCUT2D eigenvalue weighted by Crippen LogP contribution is 2.25. The second kappa shape index (κ2) is 17.3. The van der Waals surface area contributed by atoms with E-state index in [1.807, 2.05) is 45.0 Å². The van der Waals surface area contributed by atoms with Gasteiger partial charge in [-0.3, -0.25) is 23.4 Å². The van der Waals surface area contributed by atoms with Crippen molar-refractivity contribution in [3.63, 3.8) is 0 Å². The van der Waals surface area contributed by atoms with E-state index in [1.54, 1.807) is 22.9 Å². The Labute approximate surface area is 289 Å². The molecule has 3 heterocycles. The average Bonchev–Trinajstić information content (AvgIpc) is 3.44. The largest absolute Gasteiger partial charge is 0.417 e. The minimum atomic E-state index is -3.57. The fourth-order valence-electron chi connectivity index (χ4n) is 6.82. The Bertz CT molecular complexity index is 1580. The maximum atomic E-state index is 14.1. The summed E-state index contributed by atoms with van der Waals surface area (Å²) in [6.07, 6.45) is 8.44. The fourth-order valence-corrected chi connectivity index (χ4v) is 7.54. The number of para-hydroxylation sites is 1. The van der Waals surface area contributed by atoms with Crippen LogP contribution in [0.3, 0.4) is 0 Å². The summed E-state index contributed by atoms with van der Waals surface area (Å²) < 4.78 is 29.9. The van der Waals surface area contributed by atoms with E-state index in [2.05, 4.69) is 16.0 Å². The number of nitrogens with zero attached hydrogens (tertiary/aromatic N) is 2. The number of nitrogens with one attached hydrogen (secondary N) is 3. The number of carbonyl (C=O) groups is 4. The van der Waals surface area contributed by atoms with Gasteiger partial charge in [-0.2, -0.15) is 13.1 Å². The summed E-state index contributed by atoms with van der Waals surface area (Å²) in [5, 5.41) is 9.71. The molecule has 2 aromatic rings. The normalized spacial score (nSPS) is 23.8. The molecule has 2 fully saturated rings. The lowest BCUT2D eigenvalue weighted by atomic mass is 9.93. The van der Waals surface area contributed by atoms with Gasteiger partial charge in [0.2, 0.25) is 23.6 Å². The second-order valence-electron chi connectivity index (χ2n) is 13.4. The van der Waals surface area contributed by atoms with Gasteiger partial charge in [-0.15, -0.1) is 0 Å². The van der Waals surface area contributed by atoms with Gasteiger partial charge in [0.25, 0.3) is 10.1 Å². The molecule has 6 atom stereocenters. The summed E-state index contributed by atoms with van der Waals surface area (Å²) in [7, 11) is -2.02. The first-order valence-electron chi connectivity index (χ1n) is 17.6. The van der Waals surface area contributed by atoms with Crippen LogP contribution >= 0.6 is 0 Å². The van der Waals surface area contributed by atoms with Crippen LogP contribution in [-0.4, -0.2) is 91.9 Å². The number of fused-ring (bicyclic) bond motifs is 2. The molecule has 0 bridgehead atoms. The zero-order valence-electron chi connectivity index (χ0n) is 29.4. The van der Waals surface area contributed by atoms with Gasteiger partial charge in [0.15, 0.2) is 0 Å². The summed E-state index contributed by atoms with van der Waals surface area (Å²) in [5.74, 6) is -1.83. The van der Waals surface area contributed by atoms with Crippen molar-refractivity contribution in [2.24, 2.45) is 5.92 Å². The van der Waals surface area contributed by atoms with Crippen LogP contribution in [0.15, 0.2) is 30.5 Å². The van der Waals surface area contributed by atoms with Crippen molar-refractivity contribution in [1.29, 1.82) is 0 Å². The van der Waals surface area contributed by atoms with Gasteiger partial charge >= 0.3 is 0 Å². The molecule has 0 saturated carbocycles. The number of hydrogen-bond acceptors (Lipinski definition) is 8. The van der Waals surface area contributed by atoms with Crippen LogP contribution in [0.2, 0.25) is 0 Å². The van der Waals surface area contributed by atoms with Gasteiger partial charge in [-0.1, -0.05) is 64.7 Å². The minimum Gasteiger partial charge on any atom is -0.417 e. The number of rotatable bonds is 14. The molecule has 13 nitrogen and oxygen atoms in total. The number of amides is 4. The molecule has 4 amide bonds.